The van der Waals surface area contributed by atoms with E-state index in [1.165, 1.54) is 5.56 Å². The monoisotopic (exact) mass is 275 g/mol. The Kier molecular flexibility index (Phi) is 3.57. The molecule has 1 aliphatic rings. The van der Waals surface area contributed by atoms with Crippen LogP contribution in [0.1, 0.15) is 58.2 Å². The molecule has 0 saturated heterocycles. The maximum absolute atomic E-state index is 12.3. The molecule has 20 heavy (non-hydrogen) atoms. The minimum absolute atomic E-state index is 0.0142. The maximum atomic E-state index is 12.3. The van der Waals surface area contributed by atoms with E-state index in [1.807, 2.05) is 32.9 Å². The fourth-order valence-corrected chi connectivity index (χ4v) is 2.48. The summed E-state index contributed by atoms with van der Waals surface area (Å²) < 4.78 is 6.02. The lowest BCUT2D eigenvalue weighted by Gasteiger charge is -2.39. The van der Waals surface area contributed by atoms with Crippen molar-refractivity contribution in [3.8, 4) is 5.75 Å². The fourth-order valence-electron chi connectivity index (χ4n) is 2.48. The molecule has 0 radical (unpaired) electrons. The third-order valence-electron chi connectivity index (χ3n) is 3.61. The first-order valence-corrected chi connectivity index (χ1v) is 7.19. The number of hydrogen-bond acceptors (Lipinski definition) is 2. The molecule has 3 nitrogen and oxygen atoms in total. The van der Waals surface area contributed by atoms with Crippen LogP contribution in [-0.4, -0.2) is 11.5 Å². The Bertz CT molecular complexity index is 526. The molecular formula is C17H25NO2. The fraction of sp³-hybridized carbons (Fsp3) is 0.588. The van der Waals surface area contributed by atoms with Crippen LogP contribution in [0.15, 0.2) is 18.2 Å². The zero-order chi connectivity index (χ0) is 15.1. The summed E-state index contributed by atoms with van der Waals surface area (Å²) in [5.41, 5.74) is 1.62. The summed E-state index contributed by atoms with van der Waals surface area (Å²) in [6.07, 6.45) is 0.783. The van der Waals surface area contributed by atoms with Gasteiger partial charge in [-0.1, -0.05) is 38.5 Å². The number of ether oxygens (including phenoxy) is 1. The first-order chi connectivity index (χ1) is 9.08. The first kappa shape index (κ1) is 14.9. The highest BCUT2D eigenvalue weighted by atomic mass is 16.5. The van der Waals surface area contributed by atoms with Gasteiger partial charge in [0.1, 0.15) is 11.4 Å². The summed E-state index contributed by atoms with van der Waals surface area (Å²) in [5.74, 6) is 0.957. The van der Waals surface area contributed by atoms with Crippen LogP contribution in [0, 0.1) is 12.3 Å². The number of hydrogen-bond donors (Lipinski definition) is 1. The number of carbonyl (C=O) groups is 1. The summed E-state index contributed by atoms with van der Waals surface area (Å²) >= 11 is 0. The summed E-state index contributed by atoms with van der Waals surface area (Å²) in [7, 11) is 0. The van der Waals surface area contributed by atoms with E-state index < -0.39 is 0 Å². The Morgan fingerprint density at radius 3 is 2.60 bits per heavy atom. The van der Waals surface area contributed by atoms with E-state index in [1.54, 1.807) is 0 Å². The van der Waals surface area contributed by atoms with Gasteiger partial charge in [-0.15, -0.1) is 0 Å². The van der Waals surface area contributed by atoms with Crippen LogP contribution in [-0.2, 0) is 4.79 Å². The molecule has 1 unspecified atom stereocenters. The molecule has 1 aromatic rings. The lowest BCUT2D eigenvalue weighted by Crippen LogP contribution is -2.44. The Morgan fingerprint density at radius 2 is 2.00 bits per heavy atom. The molecule has 0 aliphatic carbocycles. The van der Waals surface area contributed by atoms with Crippen molar-refractivity contribution in [3.63, 3.8) is 0 Å². The van der Waals surface area contributed by atoms with Crippen molar-refractivity contribution < 1.29 is 9.53 Å². The highest BCUT2D eigenvalue weighted by Crippen LogP contribution is 2.40. The van der Waals surface area contributed by atoms with E-state index in [9.17, 15) is 4.79 Å². The topological polar surface area (TPSA) is 38.3 Å². The van der Waals surface area contributed by atoms with Gasteiger partial charge in [0.2, 0.25) is 5.91 Å². The third-order valence-corrected chi connectivity index (χ3v) is 3.61. The maximum Gasteiger partial charge on any atom is 0.225 e. The molecule has 0 saturated carbocycles. The molecular weight excluding hydrogens is 250 g/mol. The number of fused-ring (bicyclic) bond motifs is 1. The van der Waals surface area contributed by atoms with Gasteiger partial charge in [-0.05, 0) is 26.8 Å². The quantitative estimate of drug-likeness (QED) is 0.847. The molecule has 1 atom stereocenters. The van der Waals surface area contributed by atoms with Crippen LogP contribution in [0.2, 0.25) is 0 Å². The number of benzene rings is 1. The Labute approximate surface area is 121 Å². The van der Waals surface area contributed by atoms with Gasteiger partial charge in [0, 0.05) is 17.4 Å². The molecule has 2 rings (SSSR count). The average Bonchev–Trinajstić information content (AvgIpc) is 2.27. The van der Waals surface area contributed by atoms with Crippen LogP contribution >= 0.6 is 0 Å². The lowest BCUT2D eigenvalue weighted by molar-refractivity contribution is -0.129. The van der Waals surface area contributed by atoms with E-state index in [2.05, 4.69) is 32.2 Å². The smallest absolute Gasteiger partial charge is 0.225 e. The average molecular weight is 275 g/mol. The van der Waals surface area contributed by atoms with E-state index in [0.29, 0.717) is 0 Å². The van der Waals surface area contributed by atoms with Crippen molar-refractivity contribution in [1.29, 1.82) is 0 Å². The molecule has 0 fully saturated rings. The minimum Gasteiger partial charge on any atom is -0.487 e. The lowest BCUT2D eigenvalue weighted by atomic mass is 9.87. The Hall–Kier alpha value is -1.51. The van der Waals surface area contributed by atoms with Crippen molar-refractivity contribution in [2.75, 3.05) is 0 Å². The van der Waals surface area contributed by atoms with Gasteiger partial charge in [0.05, 0.1) is 6.04 Å². The predicted molar refractivity (Wildman–Crippen MR) is 80.8 cm³/mol. The Balaban J connectivity index is 2.34. The van der Waals surface area contributed by atoms with Gasteiger partial charge in [-0.25, -0.2) is 0 Å². The number of nitrogens with one attached hydrogen (secondary N) is 1. The second-order valence-electron chi connectivity index (χ2n) is 7.38. The van der Waals surface area contributed by atoms with Crippen molar-refractivity contribution in [1.82, 2.24) is 5.32 Å². The number of aryl methyl sites for hydroxylation is 1. The molecule has 1 aliphatic heterocycles. The second-order valence-corrected chi connectivity index (χ2v) is 7.38. The highest BCUT2D eigenvalue weighted by Gasteiger charge is 2.36. The summed E-state index contributed by atoms with van der Waals surface area (Å²) in [6, 6.07) is 6.17. The first-order valence-electron chi connectivity index (χ1n) is 7.19. The van der Waals surface area contributed by atoms with Gasteiger partial charge >= 0.3 is 0 Å². The van der Waals surface area contributed by atoms with E-state index in [-0.39, 0.29) is 23.0 Å². The van der Waals surface area contributed by atoms with Crippen molar-refractivity contribution >= 4 is 5.91 Å². The molecule has 1 N–H and O–H groups in total. The van der Waals surface area contributed by atoms with E-state index >= 15 is 0 Å². The molecule has 0 spiro atoms. The van der Waals surface area contributed by atoms with Gasteiger partial charge in [0.25, 0.3) is 0 Å². The molecule has 0 aromatic heterocycles. The van der Waals surface area contributed by atoms with Crippen LogP contribution < -0.4 is 10.1 Å². The molecule has 1 heterocycles. The summed E-state index contributed by atoms with van der Waals surface area (Å²) in [6.45, 7) is 12.0. The molecule has 1 aromatic carbocycles. The zero-order valence-electron chi connectivity index (χ0n) is 13.3. The molecule has 0 bridgehead atoms. The van der Waals surface area contributed by atoms with Gasteiger partial charge in [-0.3, -0.25) is 4.79 Å². The number of rotatable bonds is 1. The number of carbonyl (C=O) groups excluding carboxylic acids is 1. The minimum atomic E-state index is -0.383. The van der Waals surface area contributed by atoms with Crippen LogP contribution in [0.3, 0.4) is 0 Å². The zero-order valence-corrected chi connectivity index (χ0v) is 13.3. The summed E-state index contributed by atoms with van der Waals surface area (Å²) in [4.78, 5) is 12.3. The normalized spacial score (nSPS) is 20.8. The van der Waals surface area contributed by atoms with E-state index in [0.717, 1.165) is 17.7 Å². The van der Waals surface area contributed by atoms with Gasteiger partial charge < -0.3 is 10.1 Å². The molecule has 3 heteroatoms. The molecule has 1 amide bonds. The standard InChI is InChI=1S/C17H25NO2/c1-11-7-8-14-12(9-11)13(10-17(5,6)20-14)18-15(19)16(2,3)4/h7-9,13H,10H2,1-6H3,(H,18,19). The SMILES string of the molecule is Cc1ccc2c(c1)C(NC(=O)C(C)(C)C)CC(C)(C)O2. The summed E-state index contributed by atoms with van der Waals surface area (Å²) in [5, 5.41) is 3.18. The van der Waals surface area contributed by atoms with E-state index in [4.69, 9.17) is 4.74 Å². The van der Waals surface area contributed by atoms with Crippen LogP contribution in [0.25, 0.3) is 0 Å². The van der Waals surface area contributed by atoms with Crippen molar-refractivity contribution in [2.24, 2.45) is 5.41 Å². The second kappa shape index (κ2) is 4.80. The van der Waals surface area contributed by atoms with Gasteiger partial charge in [0.15, 0.2) is 0 Å². The van der Waals surface area contributed by atoms with Crippen LogP contribution in [0.5, 0.6) is 5.75 Å². The predicted octanol–water partition coefficient (Wildman–Crippen LogP) is 3.76. The molecule has 110 valence electrons. The van der Waals surface area contributed by atoms with Crippen LogP contribution in [0.4, 0.5) is 0 Å². The van der Waals surface area contributed by atoms with Crippen molar-refractivity contribution in [3.05, 3.63) is 29.3 Å². The highest BCUT2D eigenvalue weighted by molar-refractivity contribution is 5.82. The van der Waals surface area contributed by atoms with Gasteiger partial charge in [-0.2, -0.15) is 0 Å². The Morgan fingerprint density at radius 1 is 1.35 bits per heavy atom. The third kappa shape index (κ3) is 3.14. The van der Waals surface area contributed by atoms with Crippen molar-refractivity contribution in [2.45, 2.75) is 59.6 Å². The number of amides is 1. The largest absolute Gasteiger partial charge is 0.487 e.